The average molecular weight is 502 g/mol. The molecule has 1 N–H and O–H groups in total. The van der Waals surface area contributed by atoms with Crippen LogP contribution in [0.2, 0.25) is 0 Å². The van der Waals surface area contributed by atoms with Crippen LogP contribution in [0.4, 0.5) is 5.69 Å². The number of aryl methyl sites for hydroxylation is 1. The molecule has 0 saturated heterocycles. The molecule has 0 saturated carbocycles. The first-order valence-corrected chi connectivity index (χ1v) is 13.7. The minimum absolute atomic E-state index is 0.0620. The Morgan fingerprint density at radius 3 is 2.51 bits per heavy atom. The molecule has 4 rings (SSSR count). The quantitative estimate of drug-likeness (QED) is 0.328. The third-order valence-corrected chi connectivity index (χ3v) is 6.92. The number of anilines is 1. The van der Waals surface area contributed by atoms with Gasteiger partial charge in [-0.2, -0.15) is 0 Å². The molecule has 0 aliphatic carbocycles. The number of carbonyl (C=O) groups is 2. The predicted octanol–water partition coefficient (Wildman–Crippen LogP) is 5.98. The Morgan fingerprint density at radius 1 is 0.973 bits per heavy atom. The lowest BCUT2D eigenvalue weighted by atomic mass is 9.95. The number of hydrogen-bond acceptors (Lipinski definition) is 4. The molecule has 1 aliphatic rings. The molecule has 0 atom stereocenters. The molecule has 1 aliphatic heterocycles. The maximum Gasteiger partial charge on any atom is 0.227 e. The Hall–Kier alpha value is -3.48. The van der Waals surface area contributed by atoms with E-state index in [-0.39, 0.29) is 24.7 Å². The summed E-state index contributed by atoms with van der Waals surface area (Å²) in [5, 5.41) is 12.1. The number of fused-ring (bicyclic) bond motifs is 5. The highest BCUT2D eigenvalue weighted by Crippen LogP contribution is 2.41. The average Bonchev–Trinajstić information content (AvgIpc) is 3.31. The lowest BCUT2D eigenvalue weighted by Crippen LogP contribution is -2.33. The summed E-state index contributed by atoms with van der Waals surface area (Å²) in [7, 11) is 0. The van der Waals surface area contributed by atoms with Gasteiger partial charge >= 0.3 is 0 Å². The number of unbranched alkanes of at least 4 members (excludes halogenated alkanes) is 3. The fourth-order valence-electron chi connectivity index (χ4n) is 4.80. The van der Waals surface area contributed by atoms with E-state index in [2.05, 4.69) is 42.5 Å². The van der Waals surface area contributed by atoms with Gasteiger partial charge in [0, 0.05) is 37.1 Å². The summed E-state index contributed by atoms with van der Waals surface area (Å²) in [5.41, 5.74) is 5.56. The van der Waals surface area contributed by atoms with Gasteiger partial charge in [0.2, 0.25) is 11.8 Å². The Kier molecular flexibility index (Phi) is 9.09. The van der Waals surface area contributed by atoms with Gasteiger partial charge in [-0.15, -0.1) is 5.10 Å². The number of carbonyl (C=O) groups excluding carboxylic acids is 2. The normalized spacial score (nSPS) is 12.4. The Morgan fingerprint density at radius 2 is 1.73 bits per heavy atom. The highest BCUT2D eigenvalue weighted by atomic mass is 16.2. The van der Waals surface area contributed by atoms with Crippen molar-refractivity contribution < 1.29 is 9.59 Å². The second-order valence-corrected chi connectivity index (χ2v) is 10.3. The van der Waals surface area contributed by atoms with Gasteiger partial charge in [0.05, 0.1) is 17.9 Å². The van der Waals surface area contributed by atoms with Crippen molar-refractivity contribution in [2.45, 2.75) is 78.8 Å². The predicted molar refractivity (Wildman–Crippen MR) is 148 cm³/mol. The van der Waals surface area contributed by atoms with E-state index >= 15 is 0 Å². The van der Waals surface area contributed by atoms with Crippen LogP contribution in [-0.2, 0) is 22.7 Å². The van der Waals surface area contributed by atoms with Gasteiger partial charge in [0.25, 0.3) is 0 Å². The summed E-state index contributed by atoms with van der Waals surface area (Å²) in [4.78, 5) is 27.9. The van der Waals surface area contributed by atoms with Crippen LogP contribution in [0.1, 0.15) is 71.3 Å². The molecule has 2 aromatic carbocycles. The van der Waals surface area contributed by atoms with Crippen LogP contribution in [0.15, 0.2) is 48.5 Å². The Balaban J connectivity index is 1.62. The van der Waals surface area contributed by atoms with Crippen LogP contribution in [0.5, 0.6) is 0 Å². The number of nitrogens with zero attached hydrogens (tertiary/aromatic N) is 4. The fraction of sp³-hybridized carbons (Fsp3) is 0.467. The van der Waals surface area contributed by atoms with E-state index in [1.807, 2.05) is 52.0 Å². The van der Waals surface area contributed by atoms with E-state index < -0.39 is 0 Å². The van der Waals surface area contributed by atoms with E-state index in [4.69, 9.17) is 0 Å². The molecule has 1 aromatic heterocycles. The molecule has 196 valence electrons. The molecule has 0 spiro atoms. The van der Waals surface area contributed by atoms with Crippen LogP contribution in [0.3, 0.4) is 0 Å². The van der Waals surface area contributed by atoms with Crippen molar-refractivity contribution in [3.8, 4) is 22.5 Å². The van der Waals surface area contributed by atoms with Crippen LogP contribution in [-0.4, -0.2) is 33.4 Å². The van der Waals surface area contributed by atoms with Gasteiger partial charge in [-0.3, -0.25) is 9.59 Å². The van der Waals surface area contributed by atoms with Crippen molar-refractivity contribution >= 4 is 17.5 Å². The molecule has 7 heteroatoms. The maximum atomic E-state index is 13.6. The lowest BCUT2D eigenvalue weighted by molar-refractivity contribution is -0.125. The Bertz CT molecular complexity index is 1220. The van der Waals surface area contributed by atoms with Crippen LogP contribution in [0.25, 0.3) is 22.5 Å². The molecule has 7 nitrogen and oxygen atoms in total. The first-order valence-electron chi connectivity index (χ1n) is 13.7. The minimum Gasteiger partial charge on any atom is -0.356 e. The van der Waals surface area contributed by atoms with E-state index in [0.29, 0.717) is 19.0 Å². The summed E-state index contributed by atoms with van der Waals surface area (Å²) >= 11 is 0. The smallest absolute Gasteiger partial charge is 0.227 e. The van der Waals surface area contributed by atoms with Gasteiger partial charge in [-0.25, -0.2) is 4.68 Å². The molecule has 2 heterocycles. The zero-order valence-electron chi connectivity index (χ0n) is 22.4. The van der Waals surface area contributed by atoms with Crippen molar-refractivity contribution in [3.05, 3.63) is 54.1 Å². The molecule has 0 unspecified atom stereocenters. The monoisotopic (exact) mass is 501 g/mol. The third-order valence-electron chi connectivity index (χ3n) is 6.92. The number of rotatable bonds is 11. The summed E-state index contributed by atoms with van der Waals surface area (Å²) in [6, 6.07) is 16.1. The minimum atomic E-state index is -0.0659. The summed E-state index contributed by atoms with van der Waals surface area (Å²) in [5.74, 6) is 0.406. The van der Waals surface area contributed by atoms with E-state index in [9.17, 15) is 9.59 Å². The first-order chi connectivity index (χ1) is 18.0. The van der Waals surface area contributed by atoms with Crippen molar-refractivity contribution in [3.63, 3.8) is 0 Å². The zero-order chi connectivity index (χ0) is 26.2. The van der Waals surface area contributed by atoms with Gasteiger partial charge in [-0.05, 0) is 30.4 Å². The number of aromatic nitrogens is 3. The largest absolute Gasteiger partial charge is 0.356 e. The highest BCUT2D eigenvalue weighted by molar-refractivity contribution is 6.01. The number of para-hydroxylation sites is 1. The number of nitrogens with one attached hydrogen (secondary N) is 1. The number of hydrogen-bond donors (Lipinski definition) is 1. The molecule has 37 heavy (non-hydrogen) atoms. The van der Waals surface area contributed by atoms with Gasteiger partial charge in [-0.1, -0.05) is 87.7 Å². The first kappa shape index (κ1) is 26.6. The molecule has 0 fully saturated rings. The second-order valence-electron chi connectivity index (χ2n) is 10.3. The van der Waals surface area contributed by atoms with E-state index in [1.54, 1.807) is 0 Å². The second kappa shape index (κ2) is 12.7. The zero-order valence-corrected chi connectivity index (χ0v) is 22.4. The van der Waals surface area contributed by atoms with Crippen molar-refractivity contribution in [1.29, 1.82) is 0 Å². The molecule has 0 bridgehead atoms. The maximum absolute atomic E-state index is 13.6. The van der Waals surface area contributed by atoms with Crippen molar-refractivity contribution in [2.24, 2.45) is 5.92 Å². The molecular formula is C30H39N5O2. The molecule has 0 radical (unpaired) electrons. The number of benzene rings is 2. The van der Waals surface area contributed by atoms with Crippen LogP contribution < -0.4 is 10.2 Å². The van der Waals surface area contributed by atoms with E-state index in [0.717, 1.165) is 59.6 Å². The lowest BCUT2D eigenvalue weighted by Gasteiger charge is -2.29. The molecule has 3 aromatic rings. The highest BCUT2D eigenvalue weighted by Gasteiger charge is 2.29. The van der Waals surface area contributed by atoms with Crippen molar-refractivity contribution in [2.75, 3.05) is 11.4 Å². The van der Waals surface area contributed by atoms with E-state index in [1.165, 1.54) is 12.8 Å². The summed E-state index contributed by atoms with van der Waals surface area (Å²) in [6.07, 6.45) is 5.77. The summed E-state index contributed by atoms with van der Waals surface area (Å²) < 4.78 is 1.98. The fourth-order valence-corrected chi connectivity index (χ4v) is 4.80. The van der Waals surface area contributed by atoms with Crippen LogP contribution in [0, 0.1) is 5.92 Å². The topological polar surface area (TPSA) is 80.1 Å². The van der Waals surface area contributed by atoms with Gasteiger partial charge < -0.3 is 10.2 Å². The van der Waals surface area contributed by atoms with Crippen molar-refractivity contribution in [1.82, 2.24) is 20.3 Å². The van der Waals surface area contributed by atoms with Crippen LogP contribution >= 0.6 is 0 Å². The molecular weight excluding hydrogens is 462 g/mol. The number of amides is 2. The summed E-state index contributed by atoms with van der Waals surface area (Å²) in [6.45, 7) is 8.41. The SMILES string of the molecule is CCCCCCNC(=O)CCC(=O)N1Cc2ccccc2-c2nnn(CCC(C)C)c2-c2ccccc21. The standard InChI is InChI=1S/C30H39N5O2/c1-4-5-6-11-19-31-27(36)16-17-28(37)34-21-23-12-7-8-13-24(23)29-30(25-14-9-10-15-26(25)34)35(33-32-29)20-18-22(2)3/h7-10,12-15,22H,4-6,11,16-21H2,1-3H3,(H,31,36). The van der Waals surface area contributed by atoms with Gasteiger partial charge in [0.1, 0.15) is 5.69 Å². The Labute approximate surface area is 220 Å². The third kappa shape index (κ3) is 6.45. The molecule has 2 amide bonds. The van der Waals surface area contributed by atoms with Gasteiger partial charge in [0.15, 0.2) is 0 Å².